The summed E-state index contributed by atoms with van der Waals surface area (Å²) < 4.78 is 0. The molecule has 21 heavy (non-hydrogen) atoms. The van der Waals surface area contributed by atoms with E-state index in [0.29, 0.717) is 6.42 Å². The van der Waals surface area contributed by atoms with Crippen LogP contribution in [0.15, 0.2) is 18.2 Å². The number of anilines is 1. The number of nitrogens with zero attached hydrogens (tertiary/aromatic N) is 1. The zero-order chi connectivity index (χ0) is 15.4. The number of aryl methyl sites for hydroxylation is 2. The van der Waals surface area contributed by atoms with Crippen molar-refractivity contribution in [1.82, 2.24) is 4.90 Å². The number of fused-ring (bicyclic) bond motifs is 1. The zero-order valence-electron chi connectivity index (χ0n) is 12.6. The molecule has 0 spiro atoms. The number of rotatable bonds is 6. The fourth-order valence-corrected chi connectivity index (χ4v) is 2.86. The van der Waals surface area contributed by atoms with Gasteiger partial charge in [-0.2, -0.15) is 0 Å². The summed E-state index contributed by atoms with van der Waals surface area (Å²) in [6.45, 7) is 1.87. The molecule has 2 rings (SSSR count). The minimum Gasteiger partial charge on any atom is -0.480 e. The molecule has 0 saturated carbocycles. The van der Waals surface area contributed by atoms with Gasteiger partial charge in [0.05, 0.1) is 6.54 Å². The Morgan fingerprint density at radius 2 is 2.05 bits per heavy atom. The summed E-state index contributed by atoms with van der Waals surface area (Å²) in [6.07, 6.45) is 3.82. The van der Waals surface area contributed by atoms with Gasteiger partial charge in [0.25, 0.3) is 0 Å². The maximum atomic E-state index is 12.0. The molecule has 2 N–H and O–H groups in total. The van der Waals surface area contributed by atoms with Crippen molar-refractivity contribution in [3.8, 4) is 0 Å². The van der Waals surface area contributed by atoms with Crippen LogP contribution in [0.4, 0.5) is 5.69 Å². The lowest BCUT2D eigenvalue weighted by molar-refractivity contribution is -0.143. The number of hydrogen-bond acceptors (Lipinski definition) is 3. The highest BCUT2D eigenvalue weighted by Gasteiger charge is 2.22. The Labute approximate surface area is 125 Å². The van der Waals surface area contributed by atoms with E-state index in [1.165, 1.54) is 17.5 Å². The van der Waals surface area contributed by atoms with Crippen LogP contribution in [0.5, 0.6) is 0 Å². The molecular weight excluding hydrogens is 268 g/mol. The summed E-state index contributed by atoms with van der Waals surface area (Å²) in [7, 11) is 1.66. The van der Waals surface area contributed by atoms with E-state index in [2.05, 4.69) is 11.4 Å². The molecule has 0 radical (unpaired) electrons. The molecule has 5 nitrogen and oxygen atoms in total. The maximum Gasteiger partial charge on any atom is 0.320 e. The van der Waals surface area contributed by atoms with E-state index >= 15 is 0 Å². The van der Waals surface area contributed by atoms with Gasteiger partial charge in [-0.05, 0) is 56.0 Å². The number of likely N-dealkylation sites (N-methyl/N-ethyl adjacent to an activating group) is 1. The zero-order valence-corrected chi connectivity index (χ0v) is 12.6. The van der Waals surface area contributed by atoms with Crippen LogP contribution in [0.2, 0.25) is 0 Å². The number of carboxylic acids is 1. The van der Waals surface area contributed by atoms with Crippen molar-refractivity contribution in [1.29, 1.82) is 0 Å². The number of amides is 1. The standard InChI is InChI=1S/C16H22N2O3/c1-3-14(16(20)21)18(2)10-15(19)17-13-8-7-11-5-4-6-12(11)9-13/h7-9,14H,3-6,10H2,1-2H3,(H,17,19)(H,20,21). The molecule has 1 aliphatic carbocycles. The predicted molar refractivity (Wildman–Crippen MR) is 81.4 cm³/mol. The van der Waals surface area contributed by atoms with E-state index in [4.69, 9.17) is 5.11 Å². The Hall–Kier alpha value is -1.88. The largest absolute Gasteiger partial charge is 0.480 e. The lowest BCUT2D eigenvalue weighted by Crippen LogP contribution is -2.42. The molecule has 1 atom stereocenters. The van der Waals surface area contributed by atoms with Gasteiger partial charge in [-0.3, -0.25) is 14.5 Å². The number of benzene rings is 1. The van der Waals surface area contributed by atoms with Gasteiger partial charge in [0.2, 0.25) is 5.91 Å². The molecule has 0 heterocycles. The van der Waals surface area contributed by atoms with E-state index in [1.807, 2.05) is 12.1 Å². The Kier molecular flexibility index (Phi) is 4.96. The van der Waals surface area contributed by atoms with Gasteiger partial charge < -0.3 is 10.4 Å². The van der Waals surface area contributed by atoms with Crippen LogP contribution in [-0.4, -0.2) is 41.5 Å². The molecule has 1 aliphatic rings. The van der Waals surface area contributed by atoms with Crippen LogP contribution in [0.25, 0.3) is 0 Å². The van der Waals surface area contributed by atoms with Gasteiger partial charge in [-0.15, -0.1) is 0 Å². The van der Waals surface area contributed by atoms with Crippen LogP contribution < -0.4 is 5.32 Å². The molecule has 0 saturated heterocycles. The summed E-state index contributed by atoms with van der Waals surface area (Å²) in [5.41, 5.74) is 3.46. The molecule has 0 fully saturated rings. The SMILES string of the molecule is CCC(C(=O)O)N(C)CC(=O)Nc1ccc2c(c1)CCC2. The second kappa shape index (κ2) is 6.72. The molecule has 1 aromatic rings. The van der Waals surface area contributed by atoms with E-state index in [9.17, 15) is 9.59 Å². The maximum absolute atomic E-state index is 12.0. The van der Waals surface area contributed by atoms with Crippen LogP contribution in [-0.2, 0) is 22.4 Å². The Morgan fingerprint density at radius 1 is 1.33 bits per heavy atom. The van der Waals surface area contributed by atoms with Gasteiger partial charge in [0, 0.05) is 5.69 Å². The van der Waals surface area contributed by atoms with E-state index in [1.54, 1.807) is 18.9 Å². The molecule has 1 aromatic carbocycles. The summed E-state index contributed by atoms with van der Waals surface area (Å²) in [4.78, 5) is 24.6. The highest BCUT2D eigenvalue weighted by molar-refractivity contribution is 5.92. The van der Waals surface area contributed by atoms with Gasteiger partial charge in [0.1, 0.15) is 6.04 Å². The first-order valence-electron chi connectivity index (χ1n) is 7.36. The smallest absolute Gasteiger partial charge is 0.320 e. The average molecular weight is 290 g/mol. The monoisotopic (exact) mass is 290 g/mol. The topological polar surface area (TPSA) is 69.6 Å². The van der Waals surface area contributed by atoms with Crippen molar-refractivity contribution in [3.63, 3.8) is 0 Å². The van der Waals surface area contributed by atoms with Crippen LogP contribution in [0.1, 0.15) is 30.9 Å². The molecule has 0 aromatic heterocycles. The van der Waals surface area contributed by atoms with Crippen molar-refractivity contribution in [2.75, 3.05) is 18.9 Å². The number of aliphatic carboxylic acids is 1. The molecular formula is C16H22N2O3. The Morgan fingerprint density at radius 3 is 2.71 bits per heavy atom. The first kappa shape index (κ1) is 15.5. The number of carboxylic acid groups (broad SMARTS) is 1. The molecule has 0 bridgehead atoms. The van der Waals surface area contributed by atoms with Crippen LogP contribution in [0, 0.1) is 0 Å². The Bertz CT molecular complexity index is 542. The van der Waals surface area contributed by atoms with E-state index in [-0.39, 0.29) is 12.5 Å². The molecule has 114 valence electrons. The second-order valence-electron chi connectivity index (χ2n) is 5.56. The molecule has 5 heteroatoms. The fraction of sp³-hybridized carbons (Fsp3) is 0.500. The van der Waals surface area contributed by atoms with E-state index < -0.39 is 12.0 Å². The summed E-state index contributed by atoms with van der Waals surface area (Å²) in [6, 6.07) is 5.37. The molecule has 1 amide bonds. The first-order chi connectivity index (χ1) is 10.0. The van der Waals surface area contributed by atoms with Gasteiger partial charge >= 0.3 is 5.97 Å². The van der Waals surface area contributed by atoms with Gasteiger partial charge in [-0.25, -0.2) is 0 Å². The fourth-order valence-electron chi connectivity index (χ4n) is 2.86. The minimum absolute atomic E-state index is 0.0713. The third kappa shape index (κ3) is 3.82. The van der Waals surface area contributed by atoms with Crippen molar-refractivity contribution in [2.45, 2.75) is 38.6 Å². The summed E-state index contributed by atoms with van der Waals surface area (Å²) in [5, 5.41) is 11.9. The first-order valence-corrected chi connectivity index (χ1v) is 7.36. The van der Waals surface area contributed by atoms with Gasteiger partial charge in [-0.1, -0.05) is 13.0 Å². The number of hydrogen-bond donors (Lipinski definition) is 2. The second-order valence-corrected chi connectivity index (χ2v) is 5.56. The number of carbonyl (C=O) groups excluding carboxylic acids is 1. The van der Waals surface area contributed by atoms with Crippen molar-refractivity contribution in [3.05, 3.63) is 29.3 Å². The molecule has 1 unspecified atom stereocenters. The lowest BCUT2D eigenvalue weighted by Gasteiger charge is -2.22. The van der Waals surface area contributed by atoms with Crippen molar-refractivity contribution < 1.29 is 14.7 Å². The summed E-state index contributed by atoms with van der Waals surface area (Å²) in [5.74, 6) is -1.08. The van der Waals surface area contributed by atoms with Crippen LogP contribution in [0.3, 0.4) is 0 Å². The number of carbonyl (C=O) groups is 2. The van der Waals surface area contributed by atoms with Gasteiger partial charge in [0.15, 0.2) is 0 Å². The highest BCUT2D eigenvalue weighted by atomic mass is 16.4. The third-order valence-electron chi connectivity index (χ3n) is 3.98. The van der Waals surface area contributed by atoms with Crippen molar-refractivity contribution in [2.24, 2.45) is 0 Å². The normalized spacial score (nSPS) is 14.8. The Balaban J connectivity index is 1.94. The summed E-state index contributed by atoms with van der Waals surface area (Å²) >= 11 is 0. The average Bonchev–Trinajstić information content (AvgIpc) is 2.86. The third-order valence-corrected chi connectivity index (χ3v) is 3.98. The van der Waals surface area contributed by atoms with E-state index in [0.717, 1.165) is 18.5 Å². The van der Waals surface area contributed by atoms with Crippen LogP contribution >= 0.6 is 0 Å². The predicted octanol–water partition coefficient (Wildman–Crippen LogP) is 1.91. The highest BCUT2D eigenvalue weighted by Crippen LogP contribution is 2.24. The quantitative estimate of drug-likeness (QED) is 0.839. The number of nitrogens with one attached hydrogen (secondary N) is 1. The molecule has 0 aliphatic heterocycles. The minimum atomic E-state index is -0.898. The lowest BCUT2D eigenvalue weighted by atomic mass is 10.1. The van der Waals surface area contributed by atoms with Crippen molar-refractivity contribution >= 4 is 17.6 Å².